The molecule has 2 saturated carbocycles. The summed E-state index contributed by atoms with van der Waals surface area (Å²) in [4.78, 5) is 56.9. The number of ketones is 2. The first-order valence-corrected chi connectivity index (χ1v) is 12.7. The van der Waals surface area contributed by atoms with Gasteiger partial charge < -0.3 is 19.9 Å². The van der Waals surface area contributed by atoms with Crippen LogP contribution in [0.25, 0.3) is 10.9 Å². The zero-order valence-corrected chi connectivity index (χ0v) is 20.3. The molecule has 1 aromatic heterocycles. The summed E-state index contributed by atoms with van der Waals surface area (Å²) in [5, 5.41) is 3.77. The molecule has 2 aliphatic carbocycles. The summed E-state index contributed by atoms with van der Waals surface area (Å²) in [6, 6.07) is 6.07. The van der Waals surface area contributed by atoms with Gasteiger partial charge in [0.05, 0.1) is 13.2 Å². The average Bonchev–Trinajstić information content (AvgIpc) is 3.53. The second kappa shape index (κ2) is 9.47. The maximum absolute atomic E-state index is 13.6. The first-order chi connectivity index (χ1) is 16.9. The molecule has 0 unspecified atom stereocenters. The highest BCUT2D eigenvalue weighted by Gasteiger charge is 2.52. The van der Waals surface area contributed by atoms with Gasteiger partial charge in [0.1, 0.15) is 23.3 Å². The number of fused-ring (bicyclic) bond motifs is 2. The molecule has 186 valence electrons. The van der Waals surface area contributed by atoms with Crippen LogP contribution in [0.3, 0.4) is 0 Å². The predicted molar refractivity (Wildman–Crippen MR) is 130 cm³/mol. The number of nitrogens with one attached hydrogen (secondary N) is 2. The molecule has 5 atom stereocenters. The van der Waals surface area contributed by atoms with Gasteiger partial charge in [-0.1, -0.05) is 13.0 Å². The van der Waals surface area contributed by atoms with Crippen molar-refractivity contribution < 1.29 is 23.9 Å². The van der Waals surface area contributed by atoms with Crippen molar-refractivity contribution in [1.29, 1.82) is 0 Å². The van der Waals surface area contributed by atoms with Gasteiger partial charge in [-0.15, -0.1) is 0 Å². The summed E-state index contributed by atoms with van der Waals surface area (Å²) < 4.78 is 5.42. The second-order valence-corrected chi connectivity index (χ2v) is 10.2. The number of amides is 2. The second-order valence-electron chi connectivity index (χ2n) is 10.2. The van der Waals surface area contributed by atoms with Crippen LogP contribution in [0.15, 0.2) is 24.3 Å². The normalized spacial score (nSPS) is 26.3. The van der Waals surface area contributed by atoms with Crippen molar-refractivity contribution in [3.05, 3.63) is 30.0 Å². The van der Waals surface area contributed by atoms with Crippen LogP contribution >= 0.6 is 0 Å². The third-order valence-electron chi connectivity index (χ3n) is 8.26. The van der Waals surface area contributed by atoms with E-state index in [0.29, 0.717) is 43.2 Å². The van der Waals surface area contributed by atoms with Gasteiger partial charge in [0.2, 0.25) is 5.91 Å². The van der Waals surface area contributed by atoms with Crippen LogP contribution in [-0.4, -0.2) is 59.0 Å². The summed E-state index contributed by atoms with van der Waals surface area (Å²) in [7, 11) is 1.59. The molecule has 0 radical (unpaired) electrons. The number of methoxy groups -OCH3 is 1. The van der Waals surface area contributed by atoms with Gasteiger partial charge in [0, 0.05) is 36.2 Å². The number of rotatable bonds is 8. The number of hydrogen-bond donors (Lipinski definition) is 2. The van der Waals surface area contributed by atoms with Crippen LogP contribution in [0, 0.1) is 17.8 Å². The Hall–Kier alpha value is -3.16. The van der Waals surface area contributed by atoms with Gasteiger partial charge in [0.25, 0.3) is 5.91 Å². The van der Waals surface area contributed by atoms with Crippen molar-refractivity contribution in [3.63, 3.8) is 0 Å². The molecule has 1 aliphatic heterocycles. The molecular formula is C27H33N3O5. The highest BCUT2D eigenvalue weighted by atomic mass is 16.5. The summed E-state index contributed by atoms with van der Waals surface area (Å²) in [6.45, 7) is 2.30. The fraction of sp³-hybridized carbons (Fsp3) is 0.556. The topological polar surface area (TPSA) is 109 Å². The number of ether oxygens (including phenoxy) is 1. The SMILES string of the molecule is CCC(=O)[C@H](C[C@@H]1CCCC1=O)NC(=O)[C@@H]1[C@H]2CC[C@H]2CN1C(=O)c1cc2c(OC)cccc2[nH]1. The monoisotopic (exact) mass is 479 g/mol. The number of hydrogen-bond acceptors (Lipinski definition) is 5. The molecule has 3 aliphatic rings. The van der Waals surface area contributed by atoms with Crippen LogP contribution in [0.1, 0.15) is 62.4 Å². The van der Waals surface area contributed by atoms with E-state index in [9.17, 15) is 19.2 Å². The Bertz CT molecular complexity index is 1170. The third kappa shape index (κ3) is 4.23. The minimum absolute atomic E-state index is 0.0678. The van der Waals surface area contributed by atoms with Gasteiger partial charge in [-0.2, -0.15) is 0 Å². The van der Waals surface area contributed by atoms with Gasteiger partial charge >= 0.3 is 0 Å². The molecule has 8 nitrogen and oxygen atoms in total. The molecule has 2 aromatic rings. The molecule has 1 saturated heterocycles. The molecule has 3 fully saturated rings. The standard InChI is InChI=1S/C27H33N3O5/c1-3-22(31)20(12-15-6-4-8-23(15)32)29-26(33)25-17-11-10-16(17)14-30(25)27(34)21-13-18-19(28-21)7-5-9-24(18)35-2/h5,7,9,13,15-17,20,25,28H,3-4,6,8,10-12,14H2,1-2H3,(H,29,33)/t15-,16-,17-,20-,25-/m0/s1. The summed E-state index contributed by atoms with van der Waals surface area (Å²) in [5.41, 5.74) is 1.21. The van der Waals surface area contributed by atoms with Crippen LogP contribution in [0.2, 0.25) is 0 Å². The summed E-state index contributed by atoms with van der Waals surface area (Å²) >= 11 is 0. The fourth-order valence-corrected chi connectivity index (χ4v) is 6.15. The van der Waals surface area contributed by atoms with Crippen LogP contribution in [0.4, 0.5) is 0 Å². The molecule has 35 heavy (non-hydrogen) atoms. The number of carbonyl (C=O) groups excluding carboxylic acids is 4. The van der Waals surface area contributed by atoms with Crippen molar-refractivity contribution in [3.8, 4) is 5.75 Å². The average molecular weight is 480 g/mol. The van der Waals surface area contributed by atoms with Gasteiger partial charge in [-0.25, -0.2) is 0 Å². The quantitative estimate of drug-likeness (QED) is 0.604. The number of carbonyl (C=O) groups is 4. The minimum Gasteiger partial charge on any atom is -0.496 e. The highest BCUT2D eigenvalue weighted by molar-refractivity contribution is 6.02. The zero-order valence-electron chi connectivity index (χ0n) is 20.3. The lowest BCUT2D eigenvalue weighted by Crippen LogP contribution is -2.53. The van der Waals surface area contributed by atoms with E-state index in [0.717, 1.165) is 36.6 Å². The smallest absolute Gasteiger partial charge is 0.271 e. The Labute approximate surface area is 204 Å². The molecule has 8 heteroatoms. The van der Waals surface area contributed by atoms with Crippen molar-refractivity contribution in [2.45, 2.75) is 64.0 Å². The number of benzene rings is 1. The molecule has 2 amide bonds. The van der Waals surface area contributed by atoms with Gasteiger partial charge in [-0.05, 0) is 62.1 Å². The lowest BCUT2D eigenvalue weighted by atomic mass is 9.73. The van der Waals surface area contributed by atoms with Crippen molar-refractivity contribution in [1.82, 2.24) is 15.2 Å². The summed E-state index contributed by atoms with van der Waals surface area (Å²) in [5.74, 6) is 0.513. The molecule has 1 aromatic carbocycles. The molecule has 0 bridgehead atoms. The van der Waals surface area contributed by atoms with Gasteiger partial charge in [-0.3, -0.25) is 19.2 Å². The predicted octanol–water partition coefficient (Wildman–Crippen LogP) is 3.25. The minimum atomic E-state index is -0.687. The number of likely N-dealkylation sites (tertiary alicyclic amines) is 1. The number of aromatic amines is 1. The van der Waals surface area contributed by atoms with Crippen LogP contribution < -0.4 is 10.1 Å². The van der Waals surface area contributed by atoms with E-state index >= 15 is 0 Å². The Kier molecular flexibility index (Phi) is 6.38. The van der Waals surface area contributed by atoms with Crippen LogP contribution in [0.5, 0.6) is 5.75 Å². The lowest BCUT2D eigenvalue weighted by molar-refractivity contribution is -0.132. The molecule has 5 rings (SSSR count). The maximum atomic E-state index is 13.6. The van der Waals surface area contributed by atoms with Crippen LogP contribution in [-0.2, 0) is 14.4 Å². The number of H-pyrrole nitrogens is 1. The largest absolute Gasteiger partial charge is 0.496 e. The number of Topliss-reactive ketones (excluding diaryl/α,β-unsaturated/α-hetero) is 2. The van der Waals surface area contributed by atoms with Crippen molar-refractivity contribution in [2.75, 3.05) is 13.7 Å². The van der Waals surface area contributed by atoms with E-state index in [1.54, 1.807) is 25.0 Å². The third-order valence-corrected chi connectivity index (χ3v) is 8.26. The summed E-state index contributed by atoms with van der Waals surface area (Å²) in [6.07, 6.45) is 4.69. The molecule has 2 heterocycles. The first-order valence-electron chi connectivity index (χ1n) is 12.7. The molecule has 0 spiro atoms. The lowest BCUT2D eigenvalue weighted by Gasteiger charge is -2.33. The van der Waals surface area contributed by atoms with Crippen molar-refractivity contribution in [2.24, 2.45) is 17.8 Å². The molecular weight excluding hydrogens is 446 g/mol. The number of nitrogens with zero attached hydrogens (tertiary/aromatic N) is 1. The van der Waals surface area contributed by atoms with E-state index in [-0.39, 0.29) is 35.2 Å². The first kappa shape index (κ1) is 23.6. The van der Waals surface area contributed by atoms with E-state index < -0.39 is 12.1 Å². The maximum Gasteiger partial charge on any atom is 0.271 e. The van der Waals surface area contributed by atoms with E-state index in [1.165, 1.54) is 0 Å². The van der Waals surface area contributed by atoms with Crippen molar-refractivity contribution >= 4 is 34.3 Å². The van der Waals surface area contributed by atoms with E-state index in [1.807, 2.05) is 18.2 Å². The fourth-order valence-electron chi connectivity index (χ4n) is 6.15. The van der Waals surface area contributed by atoms with E-state index in [4.69, 9.17) is 4.74 Å². The zero-order chi connectivity index (χ0) is 24.7. The number of aromatic nitrogens is 1. The van der Waals surface area contributed by atoms with Gasteiger partial charge in [0.15, 0.2) is 5.78 Å². The Morgan fingerprint density at radius 3 is 2.71 bits per heavy atom. The Morgan fingerprint density at radius 2 is 2.06 bits per heavy atom. The Balaban J connectivity index is 1.37. The highest BCUT2D eigenvalue weighted by Crippen LogP contribution is 2.45. The van der Waals surface area contributed by atoms with E-state index in [2.05, 4.69) is 10.3 Å². The Morgan fingerprint density at radius 1 is 1.23 bits per heavy atom. The molecule has 2 N–H and O–H groups in total.